The van der Waals surface area contributed by atoms with Crippen molar-refractivity contribution in [1.29, 1.82) is 0 Å². The number of carbonyl (C=O) groups excluding carboxylic acids is 2. The zero-order valence-corrected chi connectivity index (χ0v) is 8.49. The molecule has 0 aliphatic heterocycles. The number of ketones is 1. The summed E-state index contributed by atoms with van der Waals surface area (Å²) in [6, 6.07) is 6.81. The number of hydrogen-bond acceptors (Lipinski definition) is 2. The van der Waals surface area contributed by atoms with Gasteiger partial charge >= 0.3 is 0 Å². The van der Waals surface area contributed by atoms with Crippen LogP contribution in [0.4, 0.5) is 0 Å². The van der Waals surface area contributed by atoms with Gasteiger partial charge < -0.3 is 0 Å². The van der Waals surface area contributed by atoms with Crippen molar-refractivity contribution >= 4 is 12.1 Å². The van der Waals surface area contributed by atoms with E-state index in [1.165, 1.54) is 0 Å². The molecule has 0 aromatic heterocycles. The van der Waals surface area contributed by atoms with Crippen molar-refractivity contribution in [1.82, 2.24) is 0 Å². The first-order valence-corrected chi connectivity index (χ1v) is 4.72. The Balaban J connectivity index is 2.84. The average molecular weight is 190 g/mol. The van der Waals surface area contributed by atoms with E-state index in [9.17, 15) is 9.59 Å². The summed E-state index contributed by atoms with van der Waals surface area (Å²) in [5, 5.41) is 0. The van der Waals surface area contributed by atoms with Gasteiger partial charge in [-0.3, -0.25) is 9.59 Å². The van der Waals surface area contributed by atoms with Gasteiger partial charge in [-0.15, -0.1) is 0 Å². The third-order valence-corrected chi connectivity index (χ3v) is 1.94. The second-order valence-electron chi connectivity index (χ2n) is 3.76. The first-order chi connectivity index (χ1) is 6.63. The van der Waals surface area contributed by atoms with Crippen molar-refractivity contribution in [3.63, 3.8) is 0 Å². The number of carbonyl (C=O) groups is 2. The molecule has 2 heteroatoms. The molecule has 0 fully saturated rings. The van der Waals surface area contributed by atoms with Crippen molar-refractivity contribution in [3.8, 4) is 0 Å². The summed E-state index contributed by atoms with van der Waals surface area (Å²) in [6.07, 6.45) is 1.29. The molecule has 2 nitrogen and oxygen atoms in total. The molecule has 0 saturated heterocycles. The molecule has 0 unspecified atom stereocenters. The summed E-state index contributed by atoms with van der Waals surface area (Å²) in [4.78, 5) is 22.1. The Morgan fingerprint density at radius 1 is 1.43 bits per heavy atom. The van der Waals surface area contributed by atoms with Gasteiger partial charge in [0, 0.05) is 17.5 Å². The highest BCUT2D eigenvalue weighted by Crippen LogP contribution is 2.10. The number of benzene rings is 1. The predicted octanol–water partition coefficient (Wildman–Crippen LogP) is 2.73. The largest absolute Gasteiger partial charge is 0.298 e. The van der Waals surface area contributed by atoms with E-state index in [1.54, 1.807) is 24.3 Å². The number of Topliss-reactive ketones (excluding diaryl/α,β-unsaturated/α-hetero) is 1. The number of rotatable bonds is 4. The lowest BCUT2D eigenvalue weighted by Gasteiger charge is -2.03. The highest BCUT2D eigenvalue weighted by Gasteiger charge is 2.08. The third-order valence-electron chi connectivity index (χ3n) is 1.94. The molecular formula is C12H14O2. The first-order valence-electron chi connectivity index (χ1n) is 4.72. The van der Waals surface area contributed by atoms with E-state index in [2.05, 4.69) is 0 Å². The summed E-state index contributed by atoms with van der Waals surface area (Å²) in [5.41, 5.74) is 1.18. The van der Waals surface area contributed by atoms with E-state index in [0.717, 1.165) is 6.29 Å². The monoisotopic (exact) mass is 190 g/mol. The van der Waals surface area contributed by atoms with Crippen LogP contribution < -0.4 is 0 Å². The number of aldehydes is 1. The minimum absolute atomic E-state index is 0.101. The van der Waals surface area contributed by atoms with Crippen molar-refractivity contribution in [2.45, 2.75) is 20.3 Å². The van der Waals surface area contributed by atoms with Crippen LogP contribution in [-0.2, 0) is 0 Å². The standard InChI is InChI=1S/C12H14O2/c1-9(2)6-12(14)11-5-3-4-10(7-11)8-13/h3-5,7-9H,6H2,1-2H3. The van der Waals surface area contributed by atoms with E-state index in [4.69, 9.17) is 0 Å². The minimum atomic E-state index is 0.101. The SMILES string of the molecule is CC(C)CC(=O)c1cccc(C=O)c1. The van der Waals surface area contributed by atoms with Gasteiger partial charge in [-0.25, -0.2) is 0 Å². The normalized spacial score (nSPS) is 10.2. The summed E-state index contributed by atoms with van der Waals surface area (Å²) in [5.74, 6) is 0.450. The fraction of sp³-hybridized carbons (Fsp3) is 0.333. The van der Waals surface area contributed by atoms with Gasteiger partial charge in [-0.1, -0.05) is 32.0 Å². The Morgan fingerprint density at radius 2 is 2.14 bits per heavy atom. The topological polar surface area (TPSA) is 34.1 Å². The fourth-order valence-corrected chi connectivity index (χ4v) is 1.27. The van der Waals surface area contributed by atoms with Gasteiger partial charge in [0.1, 0.15) is 6.29 Å². The molecule has 0 bridgehead atoms. The van der Waals surface area contributed by atoms with Gasteiger partial charge in [0.05, 0.1) is 0 Å². The molecule has 14 heavy (non-hydrogen) atoms. The van der Waals surface area contributed by atoms with Crippen LogP contribution in [0.2, 0.25) is 0 Å². The highest BCUT2D eigenvalue weighted by atomic mass is 16.1. The molecule has 74 valence electrons. The van der Waals surface area contributed by atoms with Crippen LogP contribution in [0.5, 0.6) is 0 Å². The maximum atomic E-state index is 11.6. The molecule has 0 radical (unpaired) electrons. The molecule has 0 aliphatic carbocycles. The van der Waals surface area contributed by atoms with Crippen LogP contribution in [-0.4, -0.2) is 12.1 Å². The summed E-state index contributed by atoms with van der Waals surface area (Å²) >= 11 is 0. The Hall–Kier alpha value is -1.44. The lowest BCUT2D eigenvalue weighted by Crippen LogP contribution is -2.03. The van der Waals surface area contributed by atoms with Gasteiger partial charge in [-0.2, -0.15) is 0 Å². The minimum Gasteiger partial charge on any atom is -0.298 e. The Kier molecular flexibility index (Phi) is 3.57. The van der Waals surface area contributed by atoms with Gasteiger partial charge in [-0.05, 0) is 12.0 Å². The van der Waals surface area contributed by atoms with Crippen LogP contribution in [0.1, 0.15) is 41.0 Å². The molecule has 0 spiro atoms. The molecule has 0 atom stereocenters. The summed E-state index contributed by atoms with van der Waals surface area (Å²) in [7, 11) is 0. The van der Waals surface area contributed by atoms with Crippen molar-refractivity contribution < 1.29 is 9.59 Å². The molecule has 0 amide bonds. The molecular weight excluding hydrogens is 176 g/mol. The maximum Gasteiger partial charge on any atom is 0.163 e. The van der Waals surface area contributed by atoms with Crippen molar-refractivity contribution in [2.24, 2.45) is 5.92 Å². The molecule has 1 aromatic rings. The zero-order valence-electron chi connectivity index (χ0n) is 8.49. The van der Waals surface area contributed by atoms with Crippen LogP contribution >= 0.6 is 0 Å². The summed E-state index contributed by atoms with van der Waals surface area (Å²) < 4.78 is 0. The van der Waals surface area contributed by atoms with Crippen LogP contribution in [0.3, 0.4) is 0 Å². The molecule has 0 saturated carbocycles. The molecule has 1 rings (SSSR count). The predicted molar refractivity (Wildman–Crippen MR) is 55.6 cm³/mol. The second kappa shape index (κ2) is 4.70. The van der Waals surface area contributed by atoms with E-state index in [0.29, 0.717) is 23.5 Å². The lowest BCUT2D eigenvalue weighted by molar-refractivity contribution is 0.0968. The molecule has 0 heterocycles. The Bertz CT molecular complexity index is 340. The zero-order chi connectivity index (χ0) is 10.6. The number of hydrogen-bond donors (Lipinski definition) is 0. The third kappa shape index (κ3) is 2.80. The van der Waals surface area contributed by atoms with Crippen molar-refractivity contribution in [2.75, 3.05) is 0 Å². The quantitative estimate of drug-likeness (QED) is 0.540. The van der Waals surface area contributed by atoms with Crippen molar-refractivity contribution in [3.05, 3.63) is 35.4 Å². The van der Waals surface area contributed by atoms with E-state index in [-0.39, 0.29) is 5.78 Å². The van der Waals surface area contributed by atoms with E-state index < -0.39 is 0 Å². The van der Waals surface area contributed by atoms with Crippen LogP contribution in [0, 0.1) is 5.92 Å². The highest BCUT2D eigenvalue weighted by molar-refractivity contribution is 5.97. The molecule has 0 aliphatic rings. The smallest absolute Gasteiger partial charge is 0.163 e. The summed E-state index contributed by atoms with van der Waals surface area (Å²) in [6.45, 7) is 4.00. The maximum absolute atomic E-state index is 11.6. The lowest BCUT2D eigenvalue weighted by atomic mass is 10.00. The Labute approximate surface area is 83.9 Å². The van der Waals surface area contributed by atoms with Gasteiger partial charge in [0.25, 0.3) is 0 Å². The Morgan fingerprint density at radius 3 is 2.71 bits per heavy atom. The molecule has 1 aromatic carbocycles. The van der Waals surface area contributed by atoms with Crippen LogP contribution in [0.15, 0.2) is 24.3 Å². The van der Waals surface area contributed by atoms with Gasteiger partial charge in [0.15, 0.2) is 5.78 Å². The molecule has 0 N–H and O–H groups in total. The van der Waals surface area contributed by atoms with E-state index in [1.807, 2.05) is 13.8 Å². The average Bonchev–Trinajstić information content (AvgIpc) is 2.17. The van der Waals surface area contributed by atoms with E-state index >= 15 is 0 Å². The van der Waals surface area contributed by atoms with Gasteiger partial charge in [0.2, 0.25) is 0 Å². The van der Waals surface area contributed by atoms with Crippen LogP contribution in [0.25, 0.3) is 0 Å². The first kappa shape index (κ1) is 10.6. The second-order valence-corrected chi connectivity index (χ2v) is 3.76. The fourth-order valence-electron chi connectivity index (χ4n) is 1.27.